The highest BCUT2D eigenvalue weighted by Gasteiger charge is 2.25. The summed E-state index contributed by atoms with van der Waals surface area (Å²) in [7, 11) is 1.63. The number of aliphatic hydroxyl groups excluding tert-OH is 1. The topological polar surface area (TPSA) is 60.8 Å². The summed E-state index contributed by atoms with van der Waals surface area (Å²) < 4.78 is 26.4. The maximum atomic E-state index is 13.3. The Hall–Kier alpha value is -3.25. The maximum Gasteiger partial charge on any atom is 0.230 e. The average Bonchev–Trinajstić information content (AvgIpc) is 2.77. The van der Waals surface area contributed by atoms with E-state index in [2.05, 4.69) is 0 Å². The standard InChI is InChI=1S/C25H25F2NO3/c1-28(22-11-9-21(27)10-12-22)25(31)19(16-17-2-13-23(29)14-3-17)6-15-24(30)18-4-7-20(26)8-5-18/h2-5,7-14,19,24,29-30H,6,15-16H2,1H3/t19-,24+/m1/s1. The molecule has 3 aromatic rings. The van der Waals surface area contributed by atoms with Crippen LogP contribution in [-0.2, 0) is 11.2 Å². The van der Waals surface area contributed by atoms with Crippen molar-refractivity contribution in [1.82, 2.24) is 0 Å². The maximum absolute atomic E-state index is 13.3. The summed E-state index contributed by atoms with van der Waals surface area (Å²) in [5, 5.41) is 20.0. The molecule has 3 aromatic carbocycles. The van der Waals surface area contributed by atoms with Gasteiger partial charge in [0, 0.05) is 18.7 Å². The van der Waals surface area contributed by atoms with E-state index in [1.54, 1.807) is 31.3 Å². The van der Waals surface area contributed by atoms with Crippen molar-refractivity contribution >= 4 is 11.6 Å². The predicted molar refractivity (Wildman–Crippen MR) is 116 cm³/mol. The molecule has 0 spiro atoms. The van der Waals surface area contributed by atoms with Crippen molar-refractivity contribution in [3.8, 4) is 5.75 Å². The molecule has 0 aliphatic heterocycles. The first-order valence-corrected chi connectivity index (χ1v) is 10.1. The fourth-order valence-electron chi connectivity index (χ4n) is 3.51. The lowest BCUT2D eigenvalue weighted by Gasteiger charge is -2.25. The van der Waals surface area contributed by atoms with Crippen LogP contribution in [0.3, 0.4) is 0 Å². The molecule has 0 heterocycles. The lowest BCUT2D eigenvalue weighted by atomic mass is 9.90. The van der Waals surface area contributed by atoms with Crippen molar-refractivity contribution in [1.29, 1.82) is 0 Å². The number of halogens is 2. The Labute approximate surface area is 180 Å². The van der Waals surface area contributed by atoms with Gasteiger partial charge in [0.1, 0.15) is 17.4 Å². The summed E-state index contributed by atoms with van der Waals surface area (Å²) in [6.45, 7) is 0. The second kappa shape index (κ2) is 10.2. The van der Waals surface area contributed by atoms with Crippen LogP contribution < -0.4 is 4.90 Å². The minimum absolute atomic E-state index is 0.141. The van der Waals surface area contributed by atoms with E-state index in [-0.39, 0.29) is 23.3 Å². The summed E-state index contributed by atoms with van der Waals surface area (Å²) in [4.78, 5) is 14.7. The molecule has 0 unspecified atom stereocenters. The molecular formula is C25H25F2NO3. The Morgan fingerprint density at radius 1 is 0.871 bits per heavy atom. The normalized spacial score (nSPS) is 12.9. The summed E-state index contributed by atoms with van der Waals surface area (Å²) in [5.41, 5.74) is 2.03. The minimum atomic E-state index is -0.827. The number of phenolic OH excluding ortho intramolecular Hbond substituents is 1. The van der Waals surface area contributed by atoms with Crippen molar-refractivity contribution in [3.63, 3.8) is 0 Å². The third-order valence-corrected chi connectivity index (χ3v) is 5.36. The van der Waals surface area contributed by atoms with Gasteiger partial charge in [-0.1, -0.05) is 24.3 Å². The molecule has 0 aromatic heterocycles. The molecule has 0 saturated carbocycles. The Morgan fingerprint density at radius 2 is 1.42 bits per heavy atom. The van der Waals surface area contributed by atoms with Crippen LogP contribution >= 0.6 is 0 Å². The summed E-state index contributed by atoms with van der Waals surface area (Å²) in [6.07, 6.45) is 0.300. The number of benzene rings is 3. The molecule has 6 heteroatoms. The van der Waals surface area contributed by atoms with Crippen LogP contribution in [-0.4, -0.2) is 23.2 Å². The second-order valence-electron chi connectivity index (χ2n) is 7.59. The molecule has 2 atom stereocenters. The van der Waals surface area contributed by atoms with Crippen molar-refractivity contribution in [3.05, 3.63) is 95.6 Å². The lowest BCUT2D eigenvalue weighted by Crippen LogP contribution is -2.34. The number of anilines is 1. The number of aromatic hydroxyl groups is 1. The van der Waals surface area contributed by atoms with Crippen LogP contribution in [0.15, 0.2) is 72.8 Å². The molecule has 2 N–H and O–H groups in total. The van der Waals surface area contributed by atoms with Gasteiger partial charge in [-0.05, 0) is 78.9 Å². The molecule has 0 fully saturated rings. The molecule has 1 amide bonds. The third-order valence-electron chi connectivity index (χ3n) is 5.36. The van der Waals surface area contributed by atoms with Gasteiger partial charge >= 0.3 is 0 Å². The van der Waals surface area contributed by atoms with Crippen LogP contribution in [0.1, 0.15) is 30.1 Å². The second-order valence-corrected chi connectivity index (χ2v) is 7.59. The number of nitrogens with zero attached hydrogens (tertiary/aromatic N) is 1. The third kappa shape index (κ3) is 6.12. The lowest BCUT2D eigenvalue weighted by molar-refractivity contribution is -0.122. The highest BCUT2D eigenvalue weighted by molar-refractivity contribution is 5.94. The number of carbonyl (C=O) groups is 1. The largest absolute Gasteiger partial charge is 0.508 e. The first-order valence-electron chi connectivity index (χ1n) is 10.1. The zero-order chi connectivity index (χ0) is 22.4. The molecule has 3 rings (SSSR count). The summed E-state index contributed by atoms with van der Waals surface area (Å²) >= 11 is 0. The van der Waals surface area contributed by atoms with Crippen LogP contribution in [0.4, 0.5) is 14.5 Å². The Morgan fingerprint density at radius 3 is 2.00 bits per heavy atom. The van der Waals surface area contributed by atoms with Gasteiger partial charge in [-0.3, -0.25) is 4.79 Å². The van der Waals surface area contributed by atoms with Gasteiger partial charge in [0.2, 0.25) is 5.91 Å². The summed E-state index contributed by atoms with van der Waals surface area (Å²) in [5.74, 6) is -1.23. The molecule has 0 radical (unpaired) electrons. The molecular weight excluding hydrogens is 400 g/mol. The first kappa shape index (κ1) is 22.4. The van der Waals surface area contributed by atoms with E-state index in [1.165, 1.54) is 53.4 Å². The number of rotatable bonds is 8. The Balaban J connectivity index is 1.76. The fraction of sp³-hybridized carbons (Fsp3) is 0.240. The van der Waals surface area contributed by atoms with Crippen molar-refractivity contribution in [2.75, 3.05) is 11.9 Å². The number of amides is 1. The van der Waals surface area contributed by atoms with Crippen molar-refractivity contribution in [2.24, 2.45) is 5.92 Å². The first-order chi connectivity index (χ1) is 14.8. The van der Waals surface area contributed by atoms with Gasteiger partial charge in [0.15, 0.2) is 0 Å². The monoisotopic (exact) mass is 425 g/mol. The zero-order valence-corrected chi connectivity index (χ0v) is 17.2. The van der Waals surface area contributed by atoms with Crippen LogP contribution in [0, 0.1) is 17.6 Å². The van der Waals surface area contributed by atoms with E-state index in [0.29, 0.717) is 30.5 Å². The van der Waals surface area contributed by atoms with E-state index < -0.39 is 12.0 Å². The van der Waals surface area contributed by atoms with Gasteiger partial charge in [-0.25, -0.2) is 8.78 Å². The molecule has 0 bridgehead atoms. The number of phenols is 1. The van der Waals surface area contributed by atoms with Gasteiger partial charge in [-0.2, -0.15) is 0 Å². The van der Waals surface area contributed by atoms with Gasteiger partial charge in [-0.15, -0.1) is 0 Å². The Bertz CT molecular complexity index is 989. The minimum Gasteiger partial charge on any atom is -0.508 e. The number of hydrogen-bond donors (Lipinski definition) is 2. The van der Waals surface area contributed by atoms with E-state index in [4.69, 9.17) is 0 Å². The van der Waals surface area contributed by atoms with E-state index in [9.17, 15) is 23.8 Å². The van der Waals surface area contributed by atoms with Gasteiger partial charge in [0.05, 0.1) is 6.10 Å². The summed E-state index contributed by atoms with van der Waals surface area (Å²) in [6, 6.07) is 18.0. The van der Waals surface area contributed by atoms with Crippen LogP contribution in [0.5, 0.6) is 5.75 Å². The highest BCUT2D eigenvalue weighted by atomic mass is 19.1. The van der Waals surface area contributed by atoms with Gasteiger partial charge < -0.3 is 15.1 Å². The molecule has 0 aliphatic rings. The van der Waals surface area contributed by atoms with Crippen molar-refractivity contribution < 1.29 is 23.8 Å². The van der Waals surface area contributed by atoms with Crippen LogP contribution in [0.25, 0.3) is 0 Å². The van der Waals surface area contributed by atoms with Crippen LogP contribution in [0.2, 0.25) is 0 Å². The molecule has 0 saturated heterocycles. The highest BCUT2D eigenvalue weighted by Crippen LogP contribution is 2.26. The van der Waals surface area contributed by atoms with Crippen molar-refractivity contribution in [2.45, 2.75) is 25.4 Å². The average molecular weight is 425 g/mol. The van der Waals surface area contributed by atoms with E-state index in [0.717, 1.165) is 5.56 Å². The molecule has 0 aliphatic carbocycles. The quantitative estimate of drug-likeness (QED) is 0.534. The molecule has 31 heavy (non-hydrogen) atoms. The number of hydrogen-bond acceptors (Lipinski definition) is 3. The van der Waals surface area contributed by atoms with E-state index in [1.807, 2.05) is 0 Å². The zero-order valence-electron chi connectivity index (χ0n) is 17.2. The number of aliphatic hydroxyl groups is 1. The smallest absolute Gasteiger partial charge is 0.230 e. The molecule has 162 valence electrons. The molecule has 4 nitrogen and oxygen atoms in total. The SMILES string of the molecule is CN(C(=O)[C@H](CC[C@H](O)c1ccc(F)cc1)Cc1ccc(O)cc1)c1ccc(F)cc1. The van der Waals surface area contributed by atoms with E-state index >= 15 is 0 Å². The predicted octanol–water partition coefficient (Wildman–Crippen LogP) is 5.01. The Kier molecular flexibility index (Phi) is 7.36. The van der Waals surface area contributed by atoms with Gasteiger partial charge in [0.25, 0.3) is 0 Å². The fourth-order valence-corrected chi connectivity index (χ4v) is 3.51. The number of carbonyl (C=O) groups excluding carboxylic acids is 1.